The molecule has 0 unspecified atom stereocenters. The summed E-state index contributed by atoms with van der Waals surface area (Å²) in [4.78, 5) is 12.8. The zero-order valence-electron chi connectivity index (χ0n) is 17.0. The molecule has 0 bridgehead atoms. The third-order valence-corrected chi connectivity index (χ3v) is 6.54. The van der Waals surface area contributed by atoms with Crippen molar-refractivity contribution in [2.24, 2.45) is 0 Å². The van der Waals surface area contributed by atoms with Crippen LogP contribution in [0.1, 0.15) is 36.0 Å². The quantitative estimate of drug-likeness (QED) is 0.542. The maximum atomic E-state index is 12.6. The van der Waals surface area contributed by atoms with Crippen LogP contribution in [0.25, 0.3) is 0 Å². The third kappa shape index (κ3) is 5.44. The summed E-state index contributed by atoms with van der Waals surface area (Å²) in [5.41, 5.74) is 1.30. The van der Waals surface area contributed by atoms with E-state index in [0.29, 0.717) is 16.9 Å². The van der Waals surface area contributed by atoms with Crippen LogP contribution in [0.5, 0.6) is 5.75 Å². The first-order valence-electron chi connectivity index (χ1n) is 10.3. The van der Waals surface area contributed by atoms with Gasteiger partial charge in [-0.15, -0.1) is 0 Å². The number of anilines is 2. The molecule has 0 radical (unpaired) electrons. The van der Waals surface area contributed by atoms with Crippen molar-refractivity contribution in [2.45, 2.75) is 36.7 Å². The number of nitrogens with one attached hydrogen (secondary N) is 2. The second kappa shape index (κ2) is 9.22. The average molecular weight is 437 g/mol. The van der Waals surface area contributed by atoms with Crippen molar-refractivity contribution >= 4 is 27.3 Å². The Hall–Kier alpha value is -3.32. The zero-order valence-corrected chi connectivity index (χ0v) is 17.8. The molecular formula is C24H24N2O4S. The number of carbonyl (C=O) groups is 1. The predicted octanol–water partition coefficient (Wildman–Crippen LogP) is 5.06. The second-order valence-corrected chi connectivity index (χ2v) is 9.18. The van der Waals surface area contributed by atoms with Crippen LogP contribution in [0.15, 0.2) is 83.8 Å². The van der Waals surface area contributed by atoms with Crippen LogP contribution in [0.4, 0.5) is 11.4 Å². The molecule has 7 heteroatoms. The van der Waals surface area contributed by atoms with E-state index in [1.54, 1.807) is 48.5 Å². The van der Waals surface area contributed by atoms with Crippen molar-refractivity contribution in [3.63, 3.8) is 0 Å². The van der Waals surface area contributed by atoms with E-state index in [-0.39, 0.29) is 16.9 Å². The van der Waals surface area contributed by atoms with E-state index in [1.165, 1.54) is 31.0 Å². The highest BCUT2D eigenvalue weighted by atomic mass is 32.2. The van der Waals surface area contributed by atoms with Gasteiger partial charge >= 0.3 is 0 Å². The van der Waals surface area contributed by atoms with E-state index in [9.17, 15) is 13.2 Å². The minimum atomic E-state index is -3.73. The number of amides is 1. The summed E-state index contributed by atoms with van der Waals surface area (Å²) in [7, 11) is -3.73. The van der Waals surface area contributed by atoms with Gasteiger partial charge in [-0.1, -0.05) is 24.3 Å². The fourth-order valence-electron chi connectivity index (χ4n) is 3.56. The Kier molecular flexibility index (Phi) is 6.23. The van der Waals surface area contributed by atoms with Crippen LogP contribution in [0.2, 0.25) is 0 Å². The number of ether oxygens (including phenoxy) is 1. The van der Waals surface area contributed by atoms with Crippen LogP contribution >= 0.6 is 0 Å². The number of hydrogen-bond acceptors (Lipinski definition) is 4. The van der Waals surface area contributed by atoms with E-state index in [4.69, 9.17) is 4.74 Å². The largest absolute Gasteiger partial charge is 0.490 e. The highest BCUT2D eigenvalue weighted by Crippen LogP contribution is 2.25. The van der Waals surface area contributed by atoms with Crippen molar-refractivity contribution in [1.29, 1.82) is 0 Å². The highest BCUT2D eigenvalue weighted by Gasteiger charge is 2.17. The van der Waals surface area contributed by atoms with Gasteiger partial charge in [-0.25, -0.2) is 8.42 Å². The van der Waals surface area contributed by atoms with Crippen molar-refractivity contribution in [1.82, 2.24) is 0 Å². The smallest absolute Gasteiger partial charge is 0.261 e. The maximum absolute atomic E-state index is 12.6. The molecule has 4 rings (SSSR count). The summed E-state index contributed by atoms with van der Waals surface area (Å²) in [5.74, 6) is 0.465. The molecule has 1 aliphatic carbocycles. The molecule has 0 saturated heterocycles. The Morgan fingerprint density at radius 1 is 0.839 bits per heavy atom. The zero-order chi connectivity index (χ0) is 21.7. The Bertz CT molecular complexity index is 1140. The van der Waals surface area contributed by atoms with Gasteiger partial charge < -0.3 is 10.1 Å². The molecular weight excluding hydrogens is 412 g/mol. The van der Waals surface area contributed by atoms with Crippen LogP contribution in [0.3, 0.4) is 0 Å². The van der Waals surface area contributed by atoms with Crippen molar-refractivity contribution < 1.29 is 17.9 Å². The van der Waals surface area contributed by atoms with Gasteiger partial charge in [-0.2, -0.15) is 0 Å². The number of rotatable bonds is 7. The van der Waals surface area contributed by atoms with Gasteiger partial charge in [-0.05, 0) is 80.3 Å². The molecule has 0 aromatic heterocycles. The first-order chi connectivity index (χ1) is 15.0. The molecule has 0 aliphatic heterocycles. The minimum absolute atomic E-state index is 0.157. The first-order valence-corrected chi connectivity index (χ1v) is 11.7. The van der Waals surface area contributed by atoms with Crippen molar-refractivity contribution in [2.75, 3.05) is 10.0 Å². The lowest BCUT2D eigenvalue weighted by molar-refractivity contribution is 0.102. The van der Waals surface area contributed by atoms with E-state index < -0.39 is 10.0 Å². The first kappa shape index (κ1) is 20.9. The van der Waals surface area contributed by atoms with Gasteiger partial charge in [0.25, 0.3) is 15.9 Å². The minimum Gasteiger partial charge on any atom is -0.490 e. The maximum Gasteiger partial charge on any atom is 0.261 e. The van der Waals surface area contributed by atoms with Gasteiger partial charge in [0.1, 0.15) is 5.75 Å². The number of sulfonamides is 1. The molecule has 2 N–H and O–H groups in total. The lowest BCUT2D eigenvalue weighted by Gasteiger charge is -2.13. The van der Waals surface area contributed by atoms with Gasteiger partial charge in [0.15, 0.2) is 0 Å². The Morgan fingerprint density at radius 2 is 1.55 bits per heavy atom. The lowest BCUT2D eigenvalue weighted by atomic mass is 10.2. The monoisotopic (exact) mass is 436 g/mol. The Labute approximate surface area is 182 Å². The molecule has 1 saturated carbocycles. The lowest BCUT2D eigenvalue weighted by Crippen LogP contribution is -2.15. The standard InChI is InChI=1S/C24H24N2O4S/c27-24(25-19-13-15-22(16-14-19)30-21-9-4-5-10-21)18-7-6-8-20(17-18)26-31(28,29)23-11-2-1-3-12-23/h1-3,6-8,11-17,21,26H,4-5,9-10H2,(H,25,27). The molecule has 6 nitrogen and oxygen atoms in total. The molecule has 1 amide bonds. The molecule has 0 spiro atoms. The summed E-state index contributed by atoms with van der Waals surface area (Å²) in [6.45, 7) is 0. The van der Waals surface area contributed by atoms with Crippen LogP contribution in [-0.4, -0.2) is 20.4 Å². The molecule has 3 aromatic carbocycles. The van der Waals surface area contributed by atoms with E-state index >= 15 is 0 Å². The normalized spacial score (nSPS) is 14.2. The van der Waals surface area contributed by atoms with Crippen LogP contribution in [0, 0.1) is 0 Å². The van der Waals surface area contributed by atoms with Gasteiger partial charge in [0.2, 0.25) is 0 Å². The molecule has 0 atom stereocenters. The van der Waals surface area contributed by atoms with Crippen LogP contribution in [-0.2, 0) is 10.0 Å². The van der Waals surface area contributed by atoms with Crippen molar-refractivity contribution in [3.8, 4) is 5.75 Å². The number of benzene rings is 3. The van der Waals surface area contributed by atoms with Crippen molar-refractivity contribution in [3.05, 3.63) is 84.4 Å². The van der Waals surface area contributed by atoms with Gasteiger partial charge in [-0.3, -0.25) is 9.52 Å². The summed E-state index contributed by atoms with van der Waals surface area (Å²) >= 11 is 0. The number of carbonyl (C=O) groups excluding carboxylic acids is 1. The Balaban J connectivity index is 1.41. The third-order valence-electron chi connectivity index (χ3n) is 5.15. The van der Waals surface area contributed by atoms with E-state index in [1.807, 2.05) is 12.1 Å². The predicted molar refractivity (Wildman–Crippen MR) is 121 cm³/mol. The molecule has 1 aliphatic rings. The highest BCUT2D eigenvalue weighted by molar-refractivity contribution is 7.92. The SMILES string of the molecule is O=C(Nc1ccc(OC2CCCC2)cc1)c1cccc(NS(=O)(=O)c2ccccc2)c1. The molecule has 0 heterocycles. The number of hydrogen-bond donors (Lipinski definition) is 2. The van der Waals surface area contributed by atoms with Gasteiger partial charge in [0, 0.05) is 16.9 Å². The summed E-state index contributed by atoms with van der Waals surface area (Å²) in [5, 5.41) is 2.83. The second-order valence-electron chi connectivity index (χ2n) is 7.50. The molecule has 160 valence electrons. The molecule has 31 heavy (non-hydrogen) atoms. The summed E-state index contributed by atoms with van der Waals surface area (Å²) in [6.07, 6.45) is 4.87. The average Bonchev–Trinajstić information content (AvgIpc) is 3.29. The van der Waals surface area contributed by atoms with Crippen LogP contribution < -0.4 is 14.8 Å². The fraction of sp³-hybridized carbons (Fsp3) is 0.208. The van der Waals surface area contributed by atoms with E-state index in [2.05, 4.69) is 10.0 Å². The fourth-order valence-corrected chi connectivity index (χ4v) is 4.63. The topological polar surface area (TPSA) is 84.5 Å². The summed E-state index contributed by atoms with van der Waals surface area (Å²) in [6, 6.07) is 21.7. The molecule has 1 fully saturated rings. The molecule has 3 aromatic rings. The summed E-state index contributed by atoms with van der Waals surface area (Å²) < 4.78 is 33.5. The van der Waals surface area contributed by atoms with E-state index in [0.717, 1.165) is 18.6 Å². The Morgan fingerprint density at radius 3 is 2.26 bits per heavy atom. The van der Waals surface area contributed by atoms with Gasteiger partial charge in [0.05, 0.1) is 11.0 Å².